The molecule has 0 unspecified atom stereocenters. The smallest absolute Gasteiger partial charge is 0.137 e. The second-order valence-electron chi connectivity index (χ2n) is 12.2. The molecule has 0 radical (unpaired) electrons. The van der Waals surface area contributed by atoms with Crippen LogP contribution >= 0.6 is 0 Å². The van der Waals surface area contributed by atoms with Crippen molar-refractivity contribution in [3.05, 3.63) is 188 Å². The van der Waals surface area contributed by atoms with Crippen LogP contribution in [0.3, 0.4) is 0 Å². The molecule has 5 nitrogen and oxygen atoms in total. The van der Waals surface area contributed by atoms with Gasteiger partial charge in [0.05, 0.1) is 28.1 Å². The Bertz CT molecular complexity index is 2540. The lowest BCUT2D eigenvalue weighted by molar-refractivity contribution is 1.19. The first-order valence-corrected chi connectivity index (χ1v) is 16.7. The molecule has 0 aliphatic rings. The van der Waals surface area contributed by atoms with Crippen LogP contribution in [0, 0.1) is 0 Å². The second kappa shape index (κ2) is 12.6. The lowest BCUT2D eigenvalue weighted by Gasteiger charge is -2.26. The number of rotatable bonds is 7. The van der Waals surface area contributed by atoms with Crippen molar-refractivity contribution >= 4 is 33.7 Å². The minimum Gasteiger partial charge on any atom is -0.311 e. The molecule has 0 saturated heterocycles. The molecule has 0 bridgehead atoms. The zero-order valence-corrected chi connectivity index (χ0v) is 27.1. The predicted molar refractivity (Wildman–Crippen MR) is 205 cm³/mol. The Hall–Kier alpha value is -6.85. The molecule has 0 N–H and O–H groups in total. The Morgan fingerprint density at radius 2 is 0.920 bits per heavy atom. The summed E-state index contributed by atoms with van der Waals surface area (Å²) in [5.41, 5.74) is 13.9. The molecule has 50 heavy (non-hydrogen) atoms. The van der Waals surface area contributed by atoms with Gasteiger partial charge in [-0.1, -0.05) is 109 Å². The van der Waals surface area contributed by atoms with Crippen LogP contribution in [0.15, 0.2) is 188 Å². The van der Waals surface area contributed by atoms with Crippen molar-refractivity contribution in [1.29, 1.82) is 0 Å². The number of anilines is 3. The maximum atomic E-state index is 5.19. The van der Waals surface area contributed by atoms with Gasteiger partial charge in [-0.05, 0) is 77.9 Å². The highest BCUT2D eigenvalue weighted by molar-refractivity contribution is 5.88. The Balaban J connectivity index is 1.11. The molecular formula is C45H31N5. The van der Waals surface area contributed by atoms with Gasteiger partial charge in [0.15, 0.2) is 0 Å². The van der Waals surface area contributed by atoms with E-state index in [-0.39, 0.29) is 0 Å². The van der Waals surface area contributed by atoms with Crippen LogP contribution in [0.4, 0.5) is 17.1 Å². The summed E-state index contributed by atoms with van der Waals surface area (Å²) < 4.78 is 2.05. The van der Waals surface area contributed by atoms with Crippen molar-refractivity contribution in [1.82, 2.24) is 19.4 Å². The van der Waals surface area contributed by atoms with Crippen molar-refractivity contribution in [2.24, 2.45) is 0 Å². The molecular weight excluding hydrogens is 611 g/mol. The van der Waals surface area contributed by atoms with Gasteiger partial charge in [-0.25, -0.2) is 15.0 Å². The van der Waals surface area contributed by atoms with Crippen LogP contribution in [0.25, 0.3) is 61.6 Å². The summed E-state index contributed by atoms with van der Waals surface area (Å²) in [5, 5.41) is 0. The summed E-state index contributed by atoms with van der Waals surface area (Å²) in [6.45, 7) is 0. The van der Waals surface area contributed by atoms with Crippen LogP contribution in [0.2, 0.25) is 0 Å². The van der Waals surface area contributed by atoms with Gasteiger partial charge in [-0.3, -0.25) is 0 Å². The summed E-state index contributed by atoms with van der Waals surface area (Å²) in [6, 6.07) is 60.8. The largest absolute Gasteiger partial charge is 0.311 e. The number of fused-ring (bicyclic) bond motifs is 2. The van der Waals surface area contributed by atoms with E-state index < -0.39 is 0 Å². The van der Waals surface area contributed by atoms with Gasteiger partial charge in [0, 0.05) is 46.1 Å². The molecule has 0 spiro atoms. The summed E-state index contributed by atoms with van der Waals surface area (Å²) >= 11 is 0. The van der Waals surface area contributed by atoms with E-state index in [1.807, 2.05) is 65.2 Å². The van der Waals surface area contributed by atoms with Gasteiger partial charge in [0.25, 0.3) is 0 Å². The predicted octanol–water partition coefficient (Wildman–Crippen LogP) is 11.4. The molecule has 236 valence electrons. The van der Waals surface area contributed by atoms with Gasteiger partial charge in [0.1, 0.15) is 5.65 Å². The number of pyridine rings is 1. The normalized spacial score (nSPS) is 11.2. The van der Waals surface area contributed by atoms with Crippen molar-refractivity contribution in [2.45, 2.75) is 0 Å². The Kier molecular flexibility index (Phi) is 7.41. The third-order valence-corrected chi connectivity index (χ3v) is 9.01. The third-order valence-electron chi connectivity index (χ3n) is 9.01. The van der Waals surface area contributed by atoms with Crippen LogP contribution < -0.4 is 4.90 Å². The van der Waals surface area contributed by atoms with E-state index >= 15 is 0 Å². The standard InChI is InChI=1S/C45H31N5/c1-3-12-32(13-4-1)35-14-11-15-36(30-35)45-44(47-40-18-7-8-19-41(40)48-45)34-23-27-39(28-24-34)50(37-16-5-2-6-17-37)38-25-21-33(22-26-38)42-31-49-29-10-9-20-43(49)46-42/h1-31H. The first kappa shape index (κ1) is 29.3. The third kappa shape index (κ3) is 5.57. The van der Waals surface area contributed by atoms with E-state index in [0.29, 0.717) is 0 Å². The van der Waals surface area contributed by atoms with Gasteiger partial charge < -0.3 is 9.30 Å². The van der Waals surface area contributed by atoms with Gasteiger partial charge in [0.2, 0.25) is 0 Å². The molecule has 0 aliphatic carbocycles. The number of benzene rings is 6. The van der Waals surface area contributed by atoms with Gasteiger partial charge in [-0.2, -0.15) is 0 Å². The first-order valence-electron chi connectivity index (χ1n) is 16.7. The molecule has 0 amide bonds. The number of imidazole rings is 1. The second-order valence-corrected chi connectivity index (χ2v) is 12.2. The average Bonchev–Trinajstić information content (AvgIpc) is 3.64. The lowest BCUT2D eigenvalue weighted by atomic mass is 9.98. The maximum Gasteiger partial charge on any atom is 0.137 e. The molecule has 3 heterocycles. The highest BCUT2D eigenvalue weighted by Gasteiger charge is 2.17. The molecule has 9 aromatic rings. The number of aromatic nitrogens is 4. The van der Waals surface area contributed by atoms with E-state index in [9.17, 15) is 0 Å². The van der Waals surface area contributed by atoms with Crippen LogP contribution in [-0.2, 0) is 0 Å². The SMILES string of the molecule is c1ccc(-c2cccc(-c3nc4ccccc4nc3-c3ccc(N(c4ccccc4)c4ccc(-c5cn6ccccc6n5)cc4)cc3)c2)cc1. The maximum absolute atomic E-state index is 5.19. The van der Waals surface area contributed by atoms with Crippen molar-refractivity contribution in [2.75, 3.05) is 4.90 Å². The quantitative estimate of drug-likeness (QED) is 0.174. The fraction of sp³-hybridized carbons (Fsp3) is 0. The van der Waals surface area contributed by atoms with E-state index in [1.54, 1.807) is 0 Å². The summed E-state index contributed by atoms with van der Waals surface area (Å²) in [5.74, 6) is 0. The van der Waals surface area contributed by atoms with Gasteiger partial charge in [-0.15, -0.1) is 0 Å². The molecule has 3 aromatic heterocycles. The van der Waals surface area contributed by atoms with Crippen LogP contribution in [0.5, 0.6) is 0 Å². The number of hydrogen-bond donors (Lipinski definition) is 0. The average molecular weight is 642 g/mol. The van der Waals surface area contributed by atoms with E-state index in [4.69, 9.17) is 15.0 Å². The van der Waals surface area contributed by atoms with Crippen molar-refractivity contribution < 1.29 is 0 Å². The monoisotopic (exact) mass is 641 g/mol. The first-order chi connectivity index (χ1) is 24.8. The zero-order valence-electron chi connectivity index (χ0n) is 27.1. The lowest BCUT2D eigenvalue weighted by Crippen LogP contribution is -2.09. The topological polar surface area (TPSA) is 46.3 Å². The fourth-order valence-corrected chi connectivity index (χ4v) is 6.53. The highest BCUT2D eigenvalue weighted by atomic mass is 15.1. The fourth-order valence-electron chi connectivity index (χ4n) is 6.53. The minimum absolute atomic E-state index is 0.850. The zero-order chi connectivity index (χ0) is 33.3. The Labute approximate surface area is 290 Å². The van der Waals surface area contributed by atoms with E-state index in [1.165, 1.54) is 5.56 Å². The molecule has 9 rings (SSSR count). The number of nitrogens with zero attached hydrogens (tertiary/aromatic N) is 5. The van der Waals surface area contributed by atoms with E-state index in [2.05, 4.69) is 132 Å². The van der Waals surface area contributed by atoms with E-state index in [0.717, 1.165) is 73.1 Å². The molecule has 0 fully saturated rings. The van der Waals surface area contributed by atoms with Gasteiger partial charge >= 0.3 is 0 Å². The molecule has 6 aromatic carbocycles. The molecule has 0 atom stereocenters. The summed E-state index contributed by atoms with van der Waals surface area (Å²) in [6.07, 6.45) is 4.09. The summed E-state index contributed by atoms with van der Waals surface area (Å²) in [7, 11) is 0. The van der Waals surface area contributed by atoms with Crippen LogP contribution in [0.1, 0.15) is 0 Å². The Morgan fingerprint density at radius 3 is 1.60 bits per heavy atom. The molecule has 5 heteroatoms. The van der Waals surface area contributed by atoms with Crippen molar-refractivity contribution in [3.8, 4) is 44.9 Å². The number of para-hydroxylation sites is 3. The van der Waals surface area contributed by atoms with Crippen LogP contribution in [-0.4, -0.2) is 19.4 Å². The molecule has 0 saturated carbocycles. The highest BCUT2D eigenvalue weighted by Crippen LogP contribution is 2.38. The number of hydrogen-bond acceptors (Lipinski definition) is 4. The van der Waals surface area contributed by atoms with Crippen molar-refractivity contribution in [3.63, 3.8) is 0 Å². The minimum atomic E-state index is 0.850. The summed E-state index contributed by atoms with van der Waals surface area (Å²) in [4.78, 5) is 17.5. The Morgan fingerprint density at radius 1 is 0.380 bits per heavy atom. The molecule has 0 aliphatic heterocycles.